The molecule has 1 aromatic carbocycles. The van der Waals surface area contributed by atoms with Gasteiger partial charge < -0.3 is 15.0 Å². The average molecular weight is 339 g/mol. The van der Waals surface area contributed by atoms with Crippen molar-refractivity contribution in [2.45, 2.75) is 31.3 Å². The molecule has 130 valence electrons. The van der Waals surface area contributed by atoms with Crippen LogP contribution in [0.3, 0.4) is 0 Å². The third-order valence-electron chi connectivity index (χ3n) is 4.96. The summed E-state index contributed by atoms with van der Waals surface area (Å²) in [5.74, 6) is 0.0655. The number of β-amino-alcohol motifs (C(OH)–C–C–N with tert-alkyl or cyclic N) is 1. The van der Waals surface area contributed by atoms with Crippen LogP contribution >= 0.6 is 0 Å². The van der Waals surface area contributed by atoms with Crippen molar-refractivity contribution in [3.63, 3.8) is 0 Å². The fourth-order valence-electron chi connectivity index (χ4n) is 3.55. The molecule has 0 saturated carbocycles. The predicted molar refractivity (Wildman–Crippen MR) is 92.7 cm³/mol. The molecule has 25 heavy (non-hydrogen) atoms. The van der Waals surface area contributed by atoms with Gasteiger partial charge >= 0.3 is 0 Å². The SMILES string of the molecule is O=C(CCc1ccc2[nH]ccc2c1)N1CCC[C@](O)(c2cn[nH]n2)C1. The van der Waals surface area contributed by atoms with Crippen molar-refractivity contribution in [1.29, 1.82) is 0 Å². The normalized spacial score (nSPS) is 20.9. The van der Waals surface area contributed by atoms with E-state index in [2.05, 4.69) is 26.5 Å². The molecule has 0 aliphatic carbocycles. The second kappa shape index (κ2) is 6.33. The number of carbonyl (C=O) groups excluding carboxylic acids is 1. The number of aliphatic hydroxyl groups is 1. The summed E-state index contributed by atoms with van der Waals surface area (Å²) in [6.45, 7) is 0.949. The highest BCUT2D eigenvalue weighted by atomic mass is 16.3. The number of amides is 1. The summed E-state index contributed by atoms with van der Waals surface area (Å²) in [7, 11) is 0. The molecular formula is C18H21N5O2. The first-order valence-electron chi connectivity index (χ1n) is 8.56. The molecular weight excluding hydrogens is 318 g/mol. The van der Waals surface area contributed by atoms with Crippen LogP contribution in [0.25, 0.3) is 10.9 Å². The minimum absolute atomic E-state index is 0.0655. The third-order valence-corrected chi connectivity index (χ3v) is 4.96. The summed E-state index contributed by atoms with van der Waals surface area (Å²) < 4.78 is 0. The lowest BCUT2D eigenvalue weighted by Gasteiger charge is -2.38. The summed E-state index contributed by atoms with van der Waals surface area (Å²) in [5.41, 5.74) is 1.64. The van der Waals surface area contributed by atoms with Crippen LogP contribution in [0, 0.1) is 0 Å². The maximum absolute atomic E-state index is 12.6. The molecule has 3 aromatic rings. The Kier molecular flexibility index (Phi) is 4.01. The second-order valence-electron chi connectivity index (χ2n) is 6.70. The number of hydrogen-bond acceptors (Lipinski definition) is 4. The Bertz CT molecular complexity index is 873. The van der Waals surface area contributed by atoms with E-state index in [1.54, 1.807) is 4.90 Å². The van der Waals surface area contributed by atoms with Gasteiger partial charge in [0, 0.05) is 24.7 Å². The number of piperidine rings is 1. The fraction of sp³-hybridized carbons (Fsp3) is 0.389. The fourth-order valence-corrected chi connectivity index (χ4v) is 3.55. The monoisotopic (exact) mass is 339 g/mol. The highest BCUT2D eigenvalue weighted by Crippen LogP contribution is 2.30. The van der Waals surface area contributed by atoms with E-state index < -0.39 is 5.60 Å². The Balaban J connectivity index is 1.40. The molecule has 0 spiro atoms. The Labute approximate surface area is 145 Å². The first-order chi connectivity index (χ1) is 12.1. The van der Waals surface area contributed by atoms with Crippen LogP contribution in [-0.2, 0) is 16.8 Å². The van der Waals surface area contributed by atoms with E-state index in [1.807, 2.05) is 24.4 Å². The predicted octanol–water partition coefficient (Wildman–Crippen LogP) is 1.73. The molecule has 4 rings (SSSR count). The maximum atomic E-state index is 12.6. The van der Waals surface area contributed by atoms with Gasteiger partial charge in [0.1, 0.15) is 11.3 Å². The smallest absolute Gasteiger partial charge is 0.223 e. The minimum atomic E-state index is -1.11. The Morgan fingerprint density at radius 1 is 1.36 bits per heavy atom. The standard InChI is InChI=1S/C18H21N5O2/c24-17(5-3-13-2-4-15-14(10-13)6-8-19-15)23-9-1-7-18(25,12-23)16-11-20-22-21-16/h2,4,6,8,10-11,19,25H,1,3,5,7,9,12H2,(H,20,21,22)/t18-/m1/s1. The summed E-state index contributed by atoms with van der Waals surface area (Å²) in [4.78, 5) is 17.5. The zero-order chi connectivity index (χ0) is 17.3. The van der Waals surface area contributed by atoms with Gasteiger partial charge in [0.25, 0.3) is 0 Å². The van der Waals surface area contributed by atoms with E-state index in [4.69, 9.17) is 0 Å². The van der Waals surface area contributed by atoms with Gasteiger partial charge in [-0.15, -0.1) is 0 Å². The molecule has 1 amide bonds. The van der Waals surface area contributed by atoms with Crippen molar-refractivity contribution in [3.8, 4) is 0 Å². The highest BCUT2D eigenvalue weighted by molar-refractivity contribution is 5.80. The van der Waals surface area contributed by atoms with Crippen molar-refractivity contribution in [2.24, 2.45) is 0 Å². The molecule has 1 fully saturated rings. The summed E-state index contributed by atoms with van der Waals surface area (Å²) in [6.07, 6.45) is 5.92. The zero-order valence-electron chi connectivity index (χ0n) is 13.9. The van der Waals surface area contributed by atoms with E-state index in [9.17, 15) is 9.90 Å². The van der Waals surface area contributed by atoms with Gasteiger partial charge in [-0.25, -0.2) is 0 Å². The number of H-pyrrole nitrogens is 2. The van der Waals surface area contributed by atoms with Gasteiger partial charge in [0.15, 0.2) is 0 Å². The molecule has 3 heterocycles. The largest absolute Gasteiger partial charge is 0.382 e. The number of aromatic nitrogens is 4. The molecule has 0 unspecified atom stereocenters. The van der Waals surface area contributed by atoms with E-state index in [0.717, 1.165) is 22.9 Å². The van der Waals surface area contributed by atoms with Crippen molar-refractivity contribution >= 4 is 16.8 Å². The lowest BCUT2D eigenvalue weighted by molar-refractivity contribution is -0.139. The van der Waals surface area contributed by atoms with Gasteiger partial charge in [-0.3, -0.25) is 4.79 Å². The van der Waals surface area contributed by atoms with Crippen LogP contribution in [0.2, 0.25) is 0 Å². The van der Waals surface area contributed by atoms with Gasteiger partial charge in [-0.05, 0) is 48.4 Å². The van der Waals surface area contributed by atoms with E-state index in [0.29, 0.717) is 31.5 Å². The number of aryl methyl sites for hydroxylation is 1. The van der Waals surface area contributed by atoms with Gasteiger partial charge in [-0.1, -0.05) is 6.07 Å². The molecule has 1 aliphatic rings. The Morgan fingerprint density at radius 2 is 2.28 bits per heavy atom. The Morgan fingerprint density at radius 3 is 3.12 bits per heavy atom. The number of fused-ring (bicyclic) bond motifs is 1. The summed E-state index contributed by atoms with van der Waals surface area (Å²) in [5, 5.41) is 22.3. The van der Waals surface area contributed by atoms with Gasteiger partial charge in [0.05, 0.1) is 12.7 Å². The second-order valence-corrected chi connectivity index (χ2v) is 6.70. The van der Waals surface area contributed by atoms with Gasteiger partial charge in [-0.2, -0.15) is 15.4 Å². The highest BCUT2D eigenvalue weighted by Gasteiger charge is 2.38. The molecule has 0 bridgehead atoms. The van der Waals surface area contributed by atoms with E-state index in [1.165, 1.54) is 6.20 Å². The van der Waals surface area contributed by atoms with Crippen molar-refractivity contribution in [2.75, 3.05) is 13.1 Å². The third kappa shape index (κ3) is 3.15. The van der Waals surface area contributed by atoms with E-state index in [-0.39, 0.29) is 12.5 Å². The lowest BCUT2D eigenvalue weighted by atomic mass is 9.89. The zero-order valence-corrected chi connectivity index (χ0v) is 13.9. The molecule has 1 aliphatic heterocycles. The van der Waals surface area contributed by atoms with Crippen molar-refractivity contribution in [1.82, 2.24) is 25.3 Å². The minimum Gasteiger partial charge on any atom is -0.382 e. The summed E-state index contributed by atoms with van der Waals surface area (Å²) in [6, 6.07) is 8.23. The number of benzene rings is 1. The van der Waals surface area contributed by atoms with Crippen molar-refractivity contribution < 1.29 is 9.90 Å². The van der Waals surface area contributed by atoms with E-state index >= 15 is 0 Å². The number of nitrogens with zero attached hydrogens (tertiary/aromatic N) is 3. The van der Waals surface area contributed by atoms with Crippen molar-refractivity contribution in [3.05, 3.63) is 47.9 Å². The number of hydrogen-bond donors (Lipinski definition) is 3. The van der Waals surface area contributed by atoms with Gasteiger partial charge in [0.2, 0.25) is 5.91 Å². The molecule has 7 nitrogen and oxygen atoms in total. The molecule has 2 aromatic heterocycles. The molecule has 1 saturated heterocycles. The molecule has 7 heteroatoms. The maximum Gasteiger partial charge on any atom is 0.223 e. The quantitative estimate of drug-likeness (QED) is 0.674. The summed E-state index contributed by atoms with van der Waals surface area (Å²) >= 11 is 0. The number of rotatable bonds is 4. The first kappa shape index (κ1) is 15.8. The number of carbonyl (C=O) groups is 1. The van der Waals surface area contributed by atoms with Crippen LogP contribution in [0.1, 0.15) is 30.5 Å². The van der Waals surface area contributed by atoms with Crippen LogP contribution < -0.4 is 0 Å². The molecule has 0 radical (unpaired) electrons. The Hall–Kier alpha value is -2.67. The van der Waals surface area contributed by atoms with Crippen LogP contribution in [0.4, 0.5) is 0 Å². The molecule has 1 atom stereocenters. The average Bonchev–Trinajstić information content (AvgIpc) is 3.31. The van der Waals surface area contributed by atoms with Crippen LogP contribution in [-0.4, -0.2) is 49.4 Å². The topological polar surface area (TPSA) is 97.9 Å². The number of nitrogens with one attached hydrogen (secondary N) is 2. The lowest BCUT2D eigenvalue weighted by Crippen LogP contribution is -2.48. The number of likely N-dealkylation sites (tertiary alicyclic amines) is 1. The van der Waals surface area contributed by atoms with Crippen LogP contribution in [0.15, 0.2) is 36.7 Å². The first-order valence-corrected chi connectivity index (χ1v) is 8.56. The molecule has 3 N–H and O–H groups in total. The van der Waals surface area contributed by atoms with Crippen LogP contribution in [0.5, 0.6) is 0 Å². The number of aromatic amines is 2.